The Morgan fingerprint density at radius 2 is 1.39 bits per heavy atom. The van der Waals surface area contributed by atoms with E-state index in [4.69, 9.17) is 0 Å². The lowest BCUT2D eigenvalue weighted by Gasteiger charge is -2.30. The van der Waals surface area contributed by atoms with Gasteiger partial charge in [0.15, 0.2) is 0 Å². The number of rotatable bonds is 26. The Hall–Kier alpha value is -6.08. The molecule has 19 nitrogen and oxygen atoms in total. The van der Waals surface area contributed by atoms with Crippen LogP contribution in [0.5, 0.6) is 5.75 Å². The average molecular weight is 979 g/mol. The first-order valence-corrected chi connectivity index (χ1v) is 24.8. The van der Waals surface area contributed by atoms with E-state index in [1.807, 2.05) is 0 Å². The van der Waals surface area contributed by atoms with E-state index in [1.165, 1.54) is 104 Å². The standard InChI is InChI=1S/C51H78N8O11/c1-8-9-10-11-12-13-14-15-16-17-18-19-20-21-43(63)58(6)40(31-60)49(68)55-33(3)46(65)54-30-44(64)59(7)45-36-24-22-32(2)37(28-36)38-26-35(23-25-41(38)61)27-39(57-47(66)34(4)56-51(45)70)48(67)53-29-42(62)50(69)52-5/h22-26,28,33-34,39-40,42,45,60-62H,8-21,27,29-31H2,1-7H3,(H,52,69)(H,53,67)(H,54,65)(H,55,68)(H,56,70)(H,57,66)/t33-,34+,39+,40-,42?,45+/m1/s1. The van der Waals surface area contributed by atoms with Crippen LogP contribution >= 0.6 is 0 Å². The third-order valence-corrected chi connectivity index (χ3v) is 12.8. The van der Waals surface area contributed by atoms with Crippen LogP contribution in [0.3, 0.4) is 0 Å². The van der Waals surface area contributed by atoms with Crippen LogP contribution in [0.4, 0.5) is 0 Å². The van der Waals surface area contributed by atoms with Crippen molar-refractivity contribution >= 4 is 47.3 Å². The van der Waals surface area contributed by atoms with Gasteiger partial charge >= 0.3 is 0 Å². The summed E-state index contributed by atoms with van der Waals surface area (Å²) in [5, 5.41) is 46.2. The number of carbonyl (C=O) groups excluding carboxylic acids is 8. The summed E-state index contributed by atoms with van der Waals surface area (Å²) in [6.07, 6.45) is 13.7. The van der Waals surface area contributed by atoms with Gasteiger partial charge in [0.2, 0.25) is 47.3 Å². The molecule has 0 saturated carbocycles. The van der Waals surface area contributed by atoms with Gasteiger partial charge in [-0.25, -0.2) is 0 Å². The van der Waals surface area contributed by atoms with Crippen molar-refractivity contribution in [2.24, 2.45) is 0 Å². The van der Waals surface area contributed by atoms with E-state index in [0.29, 0.717) is 34.2 Å². The third-order valence-electron chi connectivity index (χ3n) is 12.8. The SMILES string of the molecule is CCCCCCCCCCCCCCCC(=O)N(C)[C@H](CO)C(=O)N[C@H](C)C(=O)NCC(=O)N(C)[C@@H]1C(=O)N[C@@H](C)C(=O)N[C@H](C(=O)NCC(O)C(=O)NC)Cc2ccc(O)c(c2)-c2cc1ccc2C. The average Bonchev–Trinajstić information content (AvgIpc) is 3.33. The number of phenolic OH excluding ortho intramolecular Hbond substituents is 1. The first-order chi connectivity index (χ1) is 33.3. The van der Waals surface area contributed by atoms with Crippen molar-refractivity contribution in [3.8, 4) is 16.9 Å². The molecule has 388 valence electrons. The van der Waals surface area contributed by atoms with Crippen LogP contribution in [0.1, 0.15) is 133 Å². The fourth-order valence-corrected chi connectivity index (χ4v) is 8.24. The molecule has 4 bridgehead atoms. The van der Waals surface area contributed by atoms with E-state index in [-0.39, 0.29) is 24.5 Å². The molecule has 1 aliphatic rings. The van der Waals surface area contributed by atoms with Gasteiger partial charge in [-0.15, -0.1) is 0 Å². The number of likely N-dealkylation sites (N-methyl/N-ethyl adjacent to an activating group) is 3. The molecular formula is C51H78N8O11. The van der Waals surface area contributed by atoms with Gasteiger partial charge in [0.25, 0.3) is 0 Å². The van der Waals surface area contributed by atoms with E-state index in [9.17, 15) is 53.7 Å². The van der Waals surface area contributed by atoms with Gasteiger partial charge in [0.05, 0.1) is 19.7 Å². The number of aryl methyl sites for hydroxylation is 1. The molecule has 1 aliphatic heterocycles. The Kier molecular flexibility index (Phi) is 24.8. The maximum atomic E-state index is 14.2. The van der Waals surface area contributed by atoms with Crippen LogP contribution in [0.2, 0.25) is 0 Å². The molecule has 9 N–H and O–H groups in total. The van der Waals surface area contributed by atoms with Gasteiger partial charge in [0.1, 0.15) is 42.1 Å². The van der Waals surface area contributed by atoms with Crippen LogP contribution < -0.4 is 31.9 Å². The highest BCUT2D eigenvalue weighted by Crippen LogP contribution is 2.35. The third kappa shape index (κ3) is 18.0. The number of amides is 8. The zero-order valence-electron chi connectivity index (χ0n) is 42.2. The van der Waals surface area contributed by atoms with Gasteiger partial charge in [-0.05, 0) is 67.6 Å². The van der Waals surface area contributed by atoms with Crippen molar-refractivity contribution < 1.29 is 53.7 Å². The largest absolute Gasteiger partial charge is 0.507 e. The number of benzene rings is 2. The van der Waals surface area contributed by atoms with Crippen LogP contribution in [-0.2, 0) is 44.8 Å². The quantitative estimate of drug-likeness (QED) is 0.0618. The molecule has 3 rings (SSSR count). The highest BCUT2D eigenvalue weighted by molar-refractivity contribution is 5.97. The molecule has 2 aromatic rings. The van der Waals surface area contributed by atoms with E-state index in [0.717, 1.165) is 24.2 Å². The summed E-state index contributed by atoms with van der Waals surface area (Å²) in [6.45, 7) is 5.01. The number of aromatic hydroxyl groups is 1. The number of nitrogens with zero attached hydrogens (tertiary/aromatic N) is 2. The van der Waals surface area contributed by atoms with Crippen LogP contribution in [0, 0.1) is 6.92 Å². The first-order valence-electron chi connectivity index (χ1n) is 24.8. The van der Waals surface area contributed by atoms with E-state index in [1.54, 1.807) is 37.3 Å². The minimum absolute atomic E-state index is 0.0769. The molecule has 8 amide bonds. The van der Waals surface area contributed by atoms with Gasteiger partial charge in [0, 0.05) is 39.5 Å². The van der Waals surface area contributed by atoms with E-state index < -0.39 is 97.4 Å². The summed E-state index contributed by atoms with van der Waals surface area (Å²) in [5.41, 5.74) is 2.33. The fraction of sp³-hybridized carbons (Fsp3) is 0.608. The molecule has 2 aromatic carbocycles. The fourth-order valence-electron chi connectivity index (χ4n) is 8.24. The van der Waals surface area contributed by atoms with E-state index in [2.05, 4.69) is 38.8 Å². The number of fused-ring (bicyclic) bond motifs is 5. The molecule has 0 aromatic heterocycles. The molecule has 0 saturated heterocycles. The summed E-state index contributed by atoms with van der Waals surface area (Å²) in [6, 6.07) is 3.20. The number of hydrogen-bond acceptors (Lipinski definition) is 11. The predicted octanol–water partition coefficient (Wildman–Crippen LogP) is 2.56. The zero-order chi connectivity index (χ0) is 51.9. The van der Waals surface area contributed by atoms with Crippen molar-refractivity contribution in [1.82, 2.24) is 41.7 Å². The lowest BCUT2D eigenvalue weighted by Crippen LogP contribution is -2.56. The predicted molar refractivity (Wildman–Crippen MR) is 265 cm³/mol. The van der Waals surface area contributed by atoms with Crippen LogP contribution in [0.15, 0.2) is 36.4 Å². The second-order valence-corrected chi connectivity index (χ2v) is 18.3. The zero-order valence-corrected chi connectivity index (χ0v) is 42.2. The van der Waals surface area contributed by atoms with Gasteiger partial charge in [-0.2, -0.15) is 0 Å². The smallest absolute Gasteiger partial charge is 0.250 e. The number of aliphatic hydroxyl groups excluding tert-OH is 2. The van der Waals surface area contributed by atoms with Gasteiger partial charge < -0.3 is 57.0 Å². The molecule has 0 radical (unpaired) electrons. The van der Waals surface area contributed by atoms with Crippen molar-refractivity contribution in [1.29, 1.82) is 0 Å². The Balaban J connectivity index is 1.66. The number of unbranched alkanes of at least 4 members (excludes halogenated alkanes) is 12. The highest BCUT2D eigenvalue weighted by atomic mass is 16.3. The molecule has 70 heavy (non-hydrogen) atoms. The van der Waals surface area contributed by atoms with Crippen molar-refractivity contribution in [3.63, 3.8) is 0 Å². The molecule has 1 heterocycles. The molecule has 1 unspecified atom stereocenters. The molecule has 0 fully saturated rings. The minimum atomic E-state index is -1.57. The maximum Gasteiger partial charge on any atom is 0.250 e. The Morgan fingerprint density at radius 3 is 1.99 bits per heavy atom. The second kappa shape index (κ2) is 29.8. The summed E-state index contributed by atoms with van der Waals surface area (Å²) in [7, 11) is 4.08. The van der Waals surface area contributed by atoms with Crippen molar-refractivity contribution in [3.05, 3.63) is 53.1 Å². The van der Waals surface area contributed by atoms with E-state index >= 15 is 0 Å². The molecule has 0 aliphatic carbocycles. The number of aliphatic hydroxyl groups is 2. The Bertz CT molecular complexity index is 2100. The number of nitrogens with one attached hydrogen (secondary N) is 6. The highest BCUT2D eigenvalue weighted by Gasteiger charge is 2.34. The molecule has 6 atom stereocenters. The van der Waals surface area contributed by atoms with Crippen molar-refractivity contribution in [2.45, 2.75) is 160 Å². The minimum Gasteiger partial charge on any atom is -0.507 e. The Morgan fingerprint density at radius 1 is 0.771 bits per heavy atom. The number of phenols is 1. The van der Waals surface area contributed by atoms with Gasteiger partial charge in [-0.3, -0.25) is 38.4 Å². The van der Waals surface area contributed by atoms with Gasteiger partial charge in [-0.1, -0.05) is 102 Å². The molecule has 19 heteroatoms. The molecule has 0 spiro atoms. The summed E-state index contributed by atoms with van der Waals surface area (Å²) in [5.74, 6) is -5.74. The first kappa shape index (κ1) is 58.2. The maximum absolute atomic E-state index is 14.2. The monoisotopic (exact) mass is 979 g/mol. The second-order valence-electron chi connectivity index (χ2n) is 18.3. The lowest BCUT2D eigenvalue weighted by atomic mass is 9.91. The summed E-state index contributed by atoms with van der Waals surface area (Å²) < 4.78 is 0. The normalized spacial score (nSPS) is 17.1. The van der Waals surface area contributed by atoms with Crippen molar-refractivity contribution in [2.75, 3.05) is 40.8 Å². The topological polar surface area (TPSA) is 276 Å². The van der Waals surface area contributed by atoms with Crippen LogP contribution in [-0.4, -0.2) is 143 Å². The van der Waals surface area contributed by atoms with Crippen LogP contribution in [0.25, 0.3) is 11.1 Å². The lowest BCUT2D eigenvalue weighted by molar-refractivity contribution is -0.142. The summed E-state index contributed by atoms with van der Waals surface area (Å²) in [4.78, 5) is 109. The summed E-state index contributed by atoms with van der Waals surface area (Å²) >= 11 is 0. The Labute approximate surface area is 412 Å². The molecular weight excluding hydrogens is 901 g/mol. The number of carbonyl (C=O) groups is 8. The number of hydrogen-bond donors (Lipinski definition) is 9.